The molecular weight excluding hydrogens is 599 g/mol. The van der Waals surface area contributed by atoms with Gasteiger partial charge < -0.3 is 5.11 Å². The quantitative estimate of drug-likeness (QED) is 0.200. The van der Waals surface area contributed by atoms with Crippen molar-refractivity contribution in [3.05, 3.63) is 172 Å². The van der Waals surface area contributed by atoms with Gasteiger partial charge in [0.25, 0.3) is 0 Å². The Labute approximate surface area is 259 Å². The van der Waals surface area contributed by atoms with E-state index in [0.717, 1.165) is 22.2 Å². The van der Waals surface area contributed by atoms with Gasteiger partial charge in [-0.05, 0) is 51.6 Å². The van der Waals surface area contributed by atoms with E-state index < -0.39 is 5.41 Å². The predicted octanol–water partition coefficient (Wildman–Crippen LogP) is 9.26. The van der Waals surface area contributed by atoms with Crippen LogP contribution >= 0.6 is 20.1 Å². The Morgan fingerprint density at radius 2 is 1.19 bits per heavy atom. The molecule has 1 N–H and O–H groups in total. The van der Waals surface area contributed by atoms with Gasteiger partial charge in [-0.3, -0.25) is 9.98 Å². The molecule has 0 fully saturated rings. The zero-order chi connectivity index (χ0) is 28.7. The number of fused-ring (bicyclic) bond motifs is 1. The molecule has 2 bridgehead atoms. The van der Waals surface area contributed by atoms with Crippen molar-refractivity contribution >= 4 is 42.9 Å². The van der Waals surface area contributed by atoms with Crippen molar-refractivity contribution < 1.29 is 18.5 Å². The van der Waals surface area contributed by atoms with E-state index in [4.69, 9.17) is 25.1 Å². The van der Waals surface area contributed by atoms with Crippen molar-refractivity contribution in [2.75, 3.05) is 0 Å². The van der Waals surface area contributed by atoms with Crippen molar-refractivity contribution in [3.63, 3.8) is 0 Å². The molecule has 6 aromatic rings. The van der Waals surface area contributed by atoms with Crippen LogP contribution in [0.15, 0.2) is 133 Å². The first-order valence-corrected chi connectivity index (χ1v) is 17.1. The van der Waals surface area contributed by atoms with Crippen molar-refractivity contribution in [2.24, 2.45) is 4.99 Å². The van der Waals surface area contributed by atoms with Gasteiger partial charge in [0, 0.05) is 34.8 Å². The SMILES string of the molecule is Oc1c(C=Nc2cccc3cccnc23)cccc1C12c3ccccc3C(c3ccccc31)c1ccccc12.[Cl][Cr][Cl]. The molecular formula is C36H24Cl2CrN2O. The zero-order valence-electron chi connectivity index (χ0n) is 22.3. The molecule has 204 valence electrons. The first kappa shape index (κ1) is 27.0. The summed E-state index contributed by atoms with van der Waals surface area (Å²) < 4.78 is 0. The van der Waals surface area contributed by atoms with Crippen molar-refractivity contribution in [3.8, 4) is 5.75 Å². The second-order valence-electron chi connectivity index (χ2n) is 10.4. The number of rotatable bonds is 3. The average Bonchev–Trinajstić information content (AvgIpc) is 3.04. The molecule has 0 spiro atoms. The third-order valence-corrected chi connectivity index (χ3v) is 8.45. The molecule has 3 aliphatic carbocycles. The molecule has 1 aromatic heterocycles. The van der Waals surface area contributed by atoms with E-state index in [-0.39, 0.29) is 25.0 Å². The summed E-state index contributed by atoms with van der Waals surface area (Å²) in [5, 5.41) is 13.1. The fourth-order valence-corrected chi connectivity index (χ4v) is 6.94. The number of para-hydroxylation sites is 2. The van der Waals surface area contributed by atoms with E-state index in [1.54, 1.807) is 12.4 Å². The Kier molecular flexibility index (Phi) is 7.10. The van der Waals surface area contributed by atoms with E-state index in [2.05, 4.69) is 83.8 Å². The van der Waals surface area contributed by atoms with Crippen LogP contribution in [0.5, 0.6) is 5.75 Å². The average molecular weight is 624 g/mol. The number of aromatic hydroxyl groups is 1. The summed E-state index contributed by atoms with van der Waals surface area (Å²) in [6.45, 7) is 0. The van der Waals surface area contributed by atoms with Gasteiger partial charge in [-0.25, -0.2) is 0 Å². The fourth-order valence-electron chi connectivity index (χ4n) is 6.94. The molecule has 6 heteroatoms. The van der Waals surface area contributed by atoms with Gasteiger partial charge in [-0.15, -0.1) is 0 Å². The molecule has 0 saturated heterocycles. The number of pyridine rings is 1. The molecule has 1 heterocycles. The molecule has 3 aliphatic rings. The van der Waals surface area contributed by atoms with Crippen LogP contribution in [0.25, 0.3) is 10.9 Å². The summed E-state index contributed by atoms with van der Waals surface area (Å²) in [6, 6.07) is 42.1. The summed E-state index contributed by atoms with van der Waals surface area (Å²) in [6.07, 6.45) is 3.54. The number of nitrogens with zero attached hydrogens (tertiary/aromatic N) is 2. The van der Waals surface area contributed by atoms with Gasteiger partial charge in [0.2, 0.25) is 0 Å². The Morgan fingerprint density at radius 1 is 0.667 bits per heavy atom. The maximum absolute atomic E-state index is 12.0. The third-order valence-electron chi connectivity index (χ3n) is 8.45. The van der Waals surface area contributed by atoms with Gasteiger partial charge in [0.1, 0.15) is 5.75 Å². The number of halogens is 2. The van der Waals surface area contributed by atoms with Gasteiger partial charge in [-0.1, -0.05) is 103 Å². The van der Waals surface area contributed by atoms with E-state index in [9.17, 15) is 5.11 Å². The number of aliphatic imine (C=N–C) groups is 1. The molecule has 0 radical (unpaired) electrons. The normalized spacial score (nSPS) is 17.7. The van der Waals surface area contributed by atoms with Crippen LogP contribution < -0.4 is 0 Å². The summed E-state index contributed by atoms with van der Waals surface area (Å²) in [4.78, 5) is 9.33. The number of aromatic nitrogens is 1. The topological polar surface area (TPSA) is 45.5 Å². The van der Waals surface area contributed by atoms with Crippen LogP contribution in [-0.4, -0.2) is 16.3 Å². The second kappa shape index (κ2) is 11.1. The molecule has 0 saturated carbocycles. The monoisotopic (exact) mass is 622 g/mol. The zero-order valence-corrected chi connectivity index (χ0v) is 25.1. The van der Waals surface area contributed by atoms with Crippen molar-refractivity contribution in [1.29, 1.82) is 0 Å². The van der Waals surface area contributed by atoms with Crippen LogP contribution in [0.1, 0.15) is 50.4 Å². The molecule has 42 heavy (non-hydrogen) atoms. The molecule has 0 aliphatic heterocycles. The van der Waals surface area contributed by atoms with E-state index in [1.807, 2.05) is 42.5 Å². The molecule has 3 nitrogen and oxygen atoms in total. The second-order valence-corrected chi connectivity index (χ2v) is 12.5. The Morgan fingerprint density at radius 3 is 1.81 bits per heavy atom. The summed E-state index contributed by atoms with van der Waals surface area (Å²) >= 11 is -0.181. The Bertz CT molecular complexity index is 1870. The summed E-state index contributed by atoms with van der Waals surface area (Å²) in [5.41, 5.74) is 10.1. The van der Waals surface area contributed by atoms with Gasteiger partial charge in [0.05, 0.1) is 16.6 Å². The van der Waals surface area contributed by atoms with E-state index in [0.29, 0.717) is 5.56 Å². The minimum absolute atomic E-state index is 0.181. The number of phenols is 1. The number of hydrogen-bond acceptors (Lipinski definition) is 3. The molecule has 5 aromatic carbocycles. The number of phenolic OH excluding ortho intramolecular Hbond substituents is 1. The fraction of sp³-hybridized carbons (Fsp3) is 0.0556. The van der Waals surface area contributed by atoms with Gasteiger partial charge >= 0.3 is 33.5 Å². The van der Waals surface area contributed by atoms with Crippen molar-refractivity contribution in [1.82, 2.24) is 4.98 Å². The standard InChI is InChI=1S/C36H24N2O.2ClH.Cr/c39-35-24(22-38-32-20-8-10-23-12-9-21-37-34(23)32)11-7-19-31(35)36-28-16-4-1-13-25(28)33(26-14-2-5-17-29(26)36)27-15-3-6-18-30(27)36;;;/h1-22,33,39H;2*1H;/q;;;+2/p-2. The number of benzene rings is 5. The summed E-state index contributed by atoms with van der Waals surface area (Å²) in [7, 11) is 9.65. The first-order chi connectivity index (χ1) is 20.7. The van der Waals surface area contributed by atoms with Crippen LogP contribution in [-0.2, 0) is 18.8 Å². The predicted molar refractivity (Wildman–Crippen MR) is 168 cm³/mol. The van der Waals surface area contributed by atoms with Gasteiger partial charge in [-0.2, -0.15) is 0 Å². The number of hydrogen-bond donors (Lipinski definition) is 1. The molecule has 0 unspecified atom stereocenters. The van der Waals surface area contributed by atoms with Crippen molar-refractivity contribution in [2.45, 2.75) is 11.3 Å². The third kappa shape index (κ3) is 4.02. The van der Waals surface area contributed by atoms with E-state index >= 15 is 0 Å². The first-order valence-electron chi connectivity index (χ1n) is 13.6. The Balaban J connectivity index is 0.000000923. The minimum atomic E-state index is -0.631. The molecule has 9 rings (SSSR count). The van der Waals surface area contributed by atoms with Crippen LogP contribution in [0.3, 0.4) is 0 Å². The molecule has 0 amide bonds. The molecule has 0 atom stereocenters. The van der Waals surface area contributed by atoms with Crippen LogP contribution in [0.2, 0.25) is 0 Å². The van der Waals surface area contributed by atoms with Crippen LogP contribution in [0.4, 0.5) is 5.69 Å². The van der Waals surface area contributed by atoms with Gasteiger partial charge in [0.15, 0.2) is 0 Å². The maximum atomic E-state index is 12.0. The van der Waals surface area contributed by atoms with Crippen LogP contribution in [0, 0.1) is 0 Å². The Hall–Kier alpha value is -3.91. The summed E-state index contributed by atoms with van der Waals surface area (Å²) in [5.74, 6) is 0.426. The van der Waals surface area contributed by atoms with E-state index in [1.165, 1.54) is 33.4 Å².